The van der Waals surface area contributed by atoms with Gasteiger partial charge < -0.3 is 8.83 Å². The lowest BCUT2D eigenvalue weighted by atomic mass is 9.86. The molecule has 4 heterocycles. The van der Waals surface area contributed by atoms with Crippen molar-refractivity contribution >= 4 is 32.3 Å². The average molecular weight is 669 g/mol. The van der Waals surface area contributed by atoms with Crippen molar-refractivity contribution in [1.29, 1.82) is 0 Å². The second-order valence-electron chi connectivity index (χ2n) is 12.7. The predicted molar refractivity (Wildman–Crippen MR) is 207 cm³/mol. The van der Waals surface area contributed by atoms with E-state index in [1.807, 2.05) is 30.6 Å². The van der Waals surface area contributed by atoms with Gasteiger partial charge in [0.2, 0.25) is 11.8 Å². The Bertz CT molecular complexity index is 2890. The fourth-order valence-electron chi connectivity index (χ4n) is 7.36. The van der Waals surface area contributed by atoms with Crippen molar-refractivity contribution in [1.82, 2.24) is 19.9 Å². The number of nitrogens with zero attached hydrogens (tertiary/aromatic N) is 4. The molecule has 10 aromatic rings. The smallest absolute Gasteiger partial charge is 0.225 e. The topological polar surface area (TPSA) is 77.8 Å². The summed E-state index contributed by atoms with van der Waals surface area (Å²) in [5, 5.41) is 6.73. The van der Waals surface area contributed by atoms with Gasteiger partial charge in [0.25, 0.3) is 0 Å². The number of pyridine rings is 2. The van der Waals surface area contributed by atoms with Crippen LogP contribution >= 0.6 is 0 Å². The summed E-state index contributed by atoms with van der Waals surface area (Å²) < 4.78 is 11.4. The van der Waals surface area contributed by atoms with Crippen molar-refractivity contribution in [3.05, 3.63) is 171 Å². The first-order valence-electron chi connectivity index (χ1n) is 17.1. The highest BCUT2D eigenvalue weighted by Crippen LogP contribution is 2.45. The lowest BCUT2D eigenvalue weighted by Crippen LogP contribution is -1.95. The first-order chi connectivity index (χ1) is 25.8. The molecular weight excluding hydrogens is 641 g/mol. The molecule has 0 saturated carbocycles. The number of oxazole rings is 2. The zero-order chi connectivity index (χ0) is 34.4. The van der Waals surface area contributed by atoms with Gasteiger partial charge in [0.15, 0.2) is 0 Å². The third-order valence-corrected chi connectivity index (χ3v) is 9.73. The van der Waals surface area contributed by atoms with Gasteiger partial charge in [-0.25, -0.2) is 9.97 Å². The molecule has 0 aliphatic carbocycles. The zero-order valence-corrected chi connectivity index (χ0v) is 27.8. The van der Waals surface area contributed by atoms with E-state index in [1.165, 1.54) is 21.9 Å². The first kappa shape index (κ1) is 29.7. The molecule has 0 aliphatic rings. The van der Waals surface area contributed by atoms with Crippen LogP contribution in [0, 0.1) is 0 Å². The zero-order valence-electron chi connectivity index (χ0n) is 27.8. The van der Waals surface area contributed by atoms with E-state index in [9.17, 15) is 0 Å². The number of rotatable bonds is 6. The second-order valence-corrected chi connectivity index (χ2v) is 12.7. The molecular formula is C46H28N4O2. The molecule has 52 heavy (non-hydrogen) atoms. The van der Waals surface area contributed by atoms with Crippen LogP contribution in [0.15, 0.2) is 180 Å². The van der Waals surface area contributed by atoms with Crippen LogP contribution in [-0.4, -0.2) is 19.9 Å². The van der Waals surface area contributed by atoms with Crippen molar-refractivity contribution in [3.63, 3.8) is 0 Å². The molecule has 0 radical (unpaired) electrons. The molecule has 0 unspecified atom stereocenters. The van der Waals surface area contributed by atoms with Gasteiger partial charge >= 0.3 is 0 Å². The Morgan fingerprint density at radius 1 is 0.346 bits per heavy atom. The van der Waals surface area contributed by atoms with Crippen LogP contribution < -0.4 is 0 Å². The number of hydrogen-bond acceptors (Lipinski definition) is 6. The Hall–Kier alpha value is -7.18. The molecule has 0 spiro atoms. The standard InChI is InChI=1S/C46H28N4O2/c1-2-8-35-30(6-1)7-5-11-36(35)31-14-12-29(13-15-31)32-16-17-39-40(26-32)44(42-28-34(19-21-48-42)46-50-23-25-52-46)38-10-4-3-9-37(38)43(39)41-27-33(18-20-47-41)45-49-22-24-51-45/h1-28H. The maximum Gasteiger partial charge on any atom is 0.225 e. The van der Waals surface area contributed by atoms with Crippen LogP contribution in [0.5, 0.6) is 0 Å². The number of fused-ring (bicyclic) bond motifs is 3. The maximum absolute atomic E-state index is 5.69. The van der Waals surface area contributed by atoms with Crippen LogP contribution in [-0.2, 0) is 0 Å². The summed E-state index contributed by atoms with van der Waals surface area (Å²) in [7, 11) is 0. The maximum atomic E-state index is 5.69. The third-order valence-electron chi connectivity index (χ3n) is 9.73. The molecule has 6 aromatic carbocycles. The van der Waals surface area contributed by atoms with Gasteiger partial charge in [0, 0.05) is 34.6 Å². The molecule has 6 heteroatoms. The molecule has 0 bridgehead atoms. The molecule has 0 amide bonds. The SMILES string of the molecule is c1ccc2c(-c3ccc(-c4ccc5c(-c6cc(-c7ncco7)ccn6)c6ccccc6c(-c6cc(-c7ncco7)ccn6)c5c4)cc3)cccc2c1. The Kier molecular flexibility index (Phi) is 7.03. The molecule has 0 atom stereocenters. The van der Waals surface area contributed by atoms with Gasteiger partial charge in [-0.15, -0.1) is 0 Å². The number of aromatic nitrogens is 4. The van der Waals surface area contributed by atoms with E-state index >= 15 is 0 Å². The van der Waals surface area contributed by atoms with E-state index < -0.39 is 0 Å². The summed E-state index contributed by atoms with van der Waals surface area (Å²) in [6.07, 6.45) is 10.1. The van der Waals surface area contributed by atoms with Crippen LogP contribution in [0.1, 0.15) is 0 Å². The average Bonchev–Trinajstić information content (AvgIpc) is 3.96. The van der Waals surface area contributed by atoms with Crippen LogP contribution in [0.3, 0.4) is 0 Å². The van der Waals surface area contributed by atoms with Gasteiger partial charge in [0.05, 0.1) is 23.8 Å². The van der Waals surface area contributed by atoms with E-state index in [2.05, 4.69) is 125 Å². The molecule has 0 N–H and O–H groups in total. The monoisotopic (exact) mass is 668 g/mol. The highest BCUT2D eigenvalue weighted by Gasteiger charge is 2.20. The fraction of sp³-hybridized carbons (Fsp3) is 0. The molecule has 0 saturated heterocycles. The van der Waals surface area contributed by atoms with E-state index in [-0.39, 0.29) is 0 Å². The summed E-state index contributed by atoms with van der Waals surface area (Å²) >= 11 is 0. The Labute approximate surface area is 298 Å². The lowest BCUT2D eigenvalue weighted by Gasteiger charge is -2.18. The number of hydrogen-bond donors (Lipinski definition) is 0. The van der Waals surface area contributed by atoms with Gasteiger partial charge in [-0.1, -0.05) is 103 Å². The molecule has 244 valence electrons. The minimum atomic E-state index is 0.549. The summed E-state index contributed by atoms with van der Waals surface area (Å²) in [6.45, 7) is 0. The van der Waals surface area contributed by atoms with Crippen molar-refractivity contribution in [3.8, 4) is 67.7 Å². The predicted octanol–water partition coefficient (Wildman–Crippen LogP) is 11.9. The van der Waals surface area contributed by atoms with Crippen LogP contribution in [0.25, 0.3) is 100.0 Å². The second kappa shape index (κ2) is 12.3. The quantitative estimate of drug-likeness (QED) is 0.164. The van der Waals surface area contributed by atoms with Crippen molar-refractivity contribution < 1.29 is 8.83 Å². The molecule has 0 aliphatic heterocycles. The van der Waals surface area contributed by atoms with E-state index in [4.69, 9.17) is 18.8 Å². The van der Waals surface area contributed by atoms with Crippen molar-refractivity contribution in [2.24, 2.45) is 0 Å². The van der Waals surface area contributed by atoms with Gasteiger partial charge in [-0.2, -0.15) is 0 Å². The van der Waals surface area contributed by atoms with Gasteiger partial charge in [-0.05, 0) is 84.9 Å². The molecule has 10 rings (SSSR count). The van der Waals surface area contributed by atoms with Crippen LogP contribution in [0.2, 0.25) is 0 Å². The molecule has 4 aromatic heterocycles. The third kappa shape index (κ3) is 5.05. The normalized spacial score (nSPS) is 11.5. The first-order valence-corrected chi connectivity index (χ1v) is 17.1. The largest absolute Gasteiger partial charge is 0.445 e. The van der Waals surface area contributed by atoms with Gasteiger partial charge in [-0.3, -0.25) is 9.97 Å². The molecule has 6 nitrogen and oxygen atoms in total. The van der Waals surface area contributed by atoms with Gasteiger partial charge in [0.1, 0.15) is 12.5 Å². The Balaban J connectivity index is 1.20. The summed E-state index contributed by atoms with van der Waals surface area (Å²) in [5.41, 5.74) is 10.1. The summed E-state index contributed by atoms with van der Waals surface area (Å²) in [5.74, 6) is 1.10. The minimum absolute atomic E-state index is 0.549. The van der Waals surface area contributed by atoms with Crippen molar-refractivity contribution in [2.75, 3.05) is 0 Å². The highest BCUT2D eigenvalue weighted by atomic mass is 16.3. The van der Waals surface area contributed by atoms with E-state index in [0.29, 0.717) is 11.8 Å². The van der Waals surface area contributed by atoms with Crippen LogP contribution in [0.4, 0.5) is 0 Å². The molecule has 0 fully saturated rings. The number of benzene rings is 6. The highest BCUT2D eigenvalue weighted by molar-refractivity contribution is 6.21. The fourth-order valence-corrected chi connectivity index (χ4v) is 7.36. The summed E-state index contributed by atoms with van der Waals surface area (Å²) in [4.78, 5) is 18.7. The lowest BCUT2D eigenvalue weighted by molar-refractivity contribution is 0.574. The van der Waals surface area contributed by atoms with E-state index in [0.717, 1.165) is 66.3 Å². The Morgan fingerprint density at radius 2 is 0.885 bits per heavy atom. The Morgan fingerprint density at radius 3 is 1.52 bits per heavy atom. The van der Waals surface area contributed by atoms with E-state index in [1.54, 1.807) is 24.9 Å². The van der Waals surface area contributed by atoms with Crippen molar-refractivity contribution in [2.45, 2.75) is 0 Å². The minimum Gasteiger partial charge on any atom is -0.445 e. The summed E-state index contributed by atoms with van der Waals surface area (Å²) in [6, 6.07) is 47.0.